The van der Waals surface area contributed by atoms with Gasteiger partial charge < -0.3 is 0 Å². The van der Waals surface area contributed by atoms with E-state index in [-0.39, 0.29) is 22.1 Å². The van der Waals surface area contributed by atoms with Crippen LogP contribution in [0.1, 0.15) is 16.7 Å². The molecule has 1 atom stereocenters. The number of hydrogen-bond acceptors (Lipinski definition) is 0. The van der Waals surface area contributed by atoms with Crippen molar-refractivity contribution in [1.29, 1.82) is 0 Å². The molecule has 0 fully saturated rings. The third kappa shape index (κ3) is 3.66. The predicted octanol–water partition coefficient (Wildman–Crippen LogP) is 5.63. The van der Waals surface area contributed by atoms with Crippen LogP contribution in [0.5, 0.6) is 0 Å². The summed E-state index contributed by atoms with van der Waals surface area (Å²) in [5.74, 6) is 0. The average molecular weight is 371 g/mol. The quantitative estimate of drug-likeness (QED) is 0.522. The molecule has 0 aliphatic carbocycles. The summed E-state index contributed by atoms with van der Waals surface area (Å²) in [6.07, 6.45) is 0.965. The lowest BCUT2D eigenvalue weighted by Crippen LogP contribution is -2.22. The molecule has 0 amide bonds. The second-order valence-electron chi connectivity index (χ2n) is 5.37. The molecule has 112 valence electrons. The molecular weight excluding hydrogens is 351 g/mol. The van der Waals surface area contributed by atoms with Gasteiger partial charge in [-0.05, 0) is 23.1 Å². The van der Waals surface area contributed by atoms with E-state index in [0.29, 0.717) is 0 Å². The second-order valence-corrected chi connectivity index (χ2v) is 6.35. The summed E-state index contributed by atoms with van der Waals surface area (Å²) in [4.78, 5) is 0. The highest BCUT2D eigenvalue weighted by Crippen LogP contribution is 2.41. The van der Waals surface area contributed by atoms with Gasteiger partial charge in [-0.15, -0.1) is 26.2 Å². The van der Waals surface area contributed by atoms with Crippen molar-refractivity contribution < 1.29 is 0 Å². The number of halogens is 1. The normalized spacial score (nSPS) is 10.8. The Hall–Kier alpha value is -1.43. The standard InChI is InChI=1S/C20H19P.BrH/c21-20(18-12-6-2-7-13-18,19-14-8-3-9-15-19)16-17-10-4-1-5-11-17;/h1-15H,16,21H2;1H. The van der Waals surface area contributed by atoms with Crippen LogP contribution in [0.3, 0.4) is 0 Å². The Morgan fingerprint density at radius 3 is 1.36 bits per heavy atom. The molecule has 0 spiro atoms. The van der Waals surface area contributed by atoms with E-state index in [4.69, 9.17) is 0 Å². The van der Waals surface area contributed by atoms with Crippen molar-refractivity contribution in [3.63, 3.8) is 0 Å². The molecular formula is C20H20BrP. The van der Waals surface area contributed by atoms with Crippen molar-refractivity contribution in [2.45, 2.75) is 11.6 Å². The van der Waals surface area contributed by atoms with Gasteiger partial charge in [0.25, 0.3) is 0 Å². The van der Waals surface area contributed by atoms with Crippen LogP contribution in [0.25, 0.3) is 0 Å². The fraction of sp³-hybridized carbons (Fsp3) is 0.100. The van der Waals surface area contributed by atoms with E-state index in [2.05, 4.69) is 100 Å². The van der Waals surface area contributed by atoms with Crippen molar-refractivity contribution in [3.05, 3.63) is 108 Å². The zero-order valence-corrected chi connectivity index (χ0v) is 15.2. The van der Waals surface area contributed by atoms with Gasteiger partial charge in [0.15, 0.2) is 0 Å². The molecule has 0 aliphatic heterocycles. The maximum atomic E-state index is 3.09. The molecule has 0 radical (unpaired) electrons. The summed E-state index contributed by atoms with van der Waals surface area (Å²) in [5.41, 5.74) is 4.00. The smallest absolute Gasteiger partial charge is 0.0384 e. The first-order valence-corrected chi connectivity index (χ1v) is 7.81. The molecule has 0 aliphatic rings. The highest BCUT2D eigenvalue weighted by Gasteiger charge is 2.29. The zero-order chi connectivity index (χ0) is 14.5. The van der Waals surface area contributed by atoms with Gasteiger partial charge in [0.1, 0.15) is 0 Å². The Balaban J connectivity index is 0.00000176. The van der Waals surface area contributed by atoms with Crippen LogP contribution in [0.15, 0.2) is 91.0 Å². The van der Waals surface area contributed by atoms with Crippen LogP contribution in [-0.2, 0) is 11.6 Å². The lowest BCUT2D eigenvalue weighted by Gasteiger charge is -2.31. The van der Waals surface area contributed by atoms with Crippen molar-refractivity contribution >= 4 is 26.2 Å². The van der Waals surface area contributed by atoms with Crippen LogP contribution in [0.4, 0.5) is 0 Å². The van der Waals surface area contributed by atoms with E-state index < -0.39 is 0 Å². The molecule has 3 aromatic rings. The van der Waals surface area contributed by atoms with Gasteiger partial charge in [0.2, 0.25) is 0 Å². The molecule has 0 saturated heterocycles. The second kappa shape index (κ2) is 7.72. The molecule has 0 heterocycles. The highest BCUT2D eigenvalue weighted by atomic mass is 79.9. The fourth-order valence-corrected chi connectivity index (χ4v) is 3.38. The molecule has 1 unspecified atom stereocenters. The number of rotatable bonds is 4. The molecule has 22 heavy (non-hydrogen) atoms. The molecule has 0 N–H and O–H groups in total. The van der Waals surface area contributed by atoms with Crippen LogP contribution < -0.4 is 0 Å². The van der Waals surface area contributed by atoms with Crippen molar-refractivity contribution in [1.82, 2.24) is 0 Å². The molecule has 0 saturated carbocycles. The molecule has 3 aromatic carbocycles. The van der Waals surface area contributed by atoms with E-state index in [1.165, 1.54) is 16.7 Å². The van der Waals surface area contributed by atoms with E-state index in [1.54, 1.807) is 0 Å². The monoisotopic (exact) mass is 370 g/mol. The minimum absolute atomic E-state index is 0. The molecule has 2 heteroatoms. The van der Waals surface area contributed by atoms with Crippen LogP contribution in [-0.4, -0.2) is 0 Å². The van der Waals surface area contributed by atoms with Crippen molar-refractivity contribution in [2.24, 2.45) is 0 Å². The highest BCUT2D eigenvalue weighted by molar-refractivity contribution is 8.93. The van der Waals surface area contributed by atoms with Gasteiger partial charge in [-0.1, -0.05) is 91.0 Å². The minimum Gasteiger partial charge on any atom is -0.121 e. The molecule has 3 rings (SSSR count). The molecule has 0 nitrogen and oxygen atoms in total. The zero-order valence-electron chi connectivity index (χ0n) is 12.4. The SMILES string of the molecule is Br.PC(Cc1ccccc1)(c1ccccc1)c1ccccc1. The summed E-state index contributed by atoms with van der Waals surface area (Å²) >= 11 is 0. The Bertz CT molecular complexity index is 641. The minimum atomic E-state index is -0.0934. The number of benzene rings is 3. The summed E-state index contributed by atoms with van der Waals surface area (Å²) in [5, 5.41) is -0.0934. The van der Waals surface area contributed by atoms with Gasteiger partial charge >= 0.3 is 0 Å². The lowest BCUT2D eigenvalue weighted by molar-refractivity contribution is 0.735. The third-order valence-electron chi connectivity index (χ3n) is 3.90. The molecule has 0 aromatic heterocycles. The van der Waals surface area contributed by atoms with Gasteiger partial charge in [-0.25, -0.2) is 0 Å². The van der Waals surface area contributed by atoms with Crippen LogP contribution >= 0.6 is 26.2 Å². The topological polar surface area (TPSA) is 0 Å². The average Bonchev–Trinajstić information content (AvgIpc) is 2.57. The van der Waals surface area contributed by atoms with E-state index in [1.807, 2.05) is 0 Å². The van der Waals surface area contributed by atoms with Crippen molar-refractivity contribution in [2.75, 3.05) is 0 Å². The van der Waals surface area contributed by atoms with E-state index in [0.717, 1.165) is 6.42 Å². The summed E-state index contributed by atoms with van der Waals surface area (Å²) in [6, 6.07) is 32.1. The Morgan fingerprint density at radius 1 is 0.591 bits per heavy atom. The first-order valence-electron chi connectivity index (χ1n) is 7.23. The van der Waals surface area contributed by atoms with Gasteiger partial charge in [0, 0.05) is 5.16 Å². The summed E-state index contributed by atoms with van der Waals surface area (Å²) in [6.45, 7) is 0. The van der Waals surface area contributed by atoms with Crippen LogP contribution in [0, 0.1) is 0 Å². The maximum Gasteiger partial charge on any atom is 0.0384 e. The largest absolute Gasteiger partial charge is 0.121 e. The Kier molecular flexibility index (Phi) is 5.94. The first-order chi connectivity index (χ1) is 10.3. The van der Waals surface area contributed by atoms with Gasteiger partial charge in [0.05, 0.1) is 0 Å². The van der Waals surface area contributed by atoms with Gasteiger partial charge in [-0.2, -0.15) is 0 Å². The summed E-state index contributed by atoms with van der Waals surface area (Å²) in [7, 11) is 3.09. The van der Waals surface area contributed by atoms with E-state index >= 15 is 0 Å². The predicted molar refractivity (Wildman–Crippen MR) is 104 cm³/mol. The summed E-state index contributed by atoms with van der Waals surface area (Å²) < 4.78 is 0. The third-order valence-corrected chi connectivity index (χ3v) is 4.77. The maximum absolute atomic E-state index is 3.09. The Labute approximate surface area is 145 Å². The van der Waals surface area contributed by atoms with Crippen molar-refractivity contribution in [3.8, 4) is 0 Å². The lowest BCUT2D eigenvalue weighted by atomic mass is 9.85. The first kappa shape index (κ1) is 16.9. The van der Waals surface area contributed by atoms with Gasteiger partial charge in [-0.3, -0.25) is 0 Å². The van der Waals surface area contributed by atoms with E-state index in [9.17, 15) is 0 Å². The molecule has 0 bridgehead atoms. The van der Waals surface area contributed by atoms with Crippen LogP contribution in [0.2, 0.25) is 0 Å². The number of hydrogen-bond donors (Lipinski definition) is 0. The Morgan fingerprint density at radius 2 is 0.955 bits per heavy atom. The fourth-order valence-electron chi connectivity index (χ4n) is 2.76.